The number of rotatable bonds is 5. The Labute approximate surface area is 91.9 Å². The van der Waals surface area contributed by atoms with E-state index in [9.17, 15) is 5.11 Å². The molecule has 0 amide bonds. The Balaban J connectivity index is 2.58. The van der Waals surface area contributed by atoms with Crippen LogP contribution in [0.4, 0.5) is 0 Å². The van der Waals surface area contributed by atoms with Crippen molar-refractivity contribution in [1.82, 2.24) is 0 Å². The summed E-state index contributed by atoms with van der Waals surface area (Å²) in [7, 11) is 0. The lowest BCUT2D eigenvalue weighted by Crippen LogP contribution is -3.10. The van der Waals surface area contributed by atoms with Gasteiger partial charge in [0.2, 0.25) is 0 Å². The minimum Gasteiger partial charge on any atom is -0.508 e. The van der Waals surface area contributed by atoms with E-state index in [-0.39, 0.29) is 0 Å². The topological polar surface area (TPSA) is 24.7 Å². The van der Waals surface area contributed by atoms with Gasteiger partial charge in [-0.05, 0) is 43.7 Å². The first-order valence-electron chi connectivity index (χ1n) is 5.37. The van der Waals surface area contributed by atoms with Crippen molar-refractivity contribution in [2.24, 2.45) is 0 Å². The molecular weight excluding hydrogens is 186 g/mol. The molecule has 1 aromatic carbocycles. The van der Waals surface area contributed by atoms with Crippen molar-refractivity contribution in [3.05, 3.63) is 42.0 Å². The molecule has 0 aliphatic carbocycles. The number of phenolic OH excluding ortho intramolecular Hbond substituents is 1. The predicted octanol–water partition coefficient (Wildman–Crippen LogP) is 1.37. The molecule has 0 fully saturated rings. The van der Waals surface area contributed by atoms with Crippen LogP contribution in [-0.2, 0) is 6.54 Å². The number of hydrogen-bond acceptors (Lipinski definition) is 1. The standard InChI is InChI=1S/C13H19NO/c1-4-14(9-11(2)3)10-12-5-7-13(15)8-6-12/h5-8,15H,2,4,9-10H2,1,3H3/p+1. The second-order valence-electron chi connectivity index (χ2n) is 4.08. The van der Waals surface area contributed by atoms with Gasteiger partial charge in [-0.15, -0.1) is 0 Å². The summed E-state index contributed by atoms with van der Waals surface area (Å²) in [5, 5.41) is 9.17. The first kappa shape index (κ1) is 11.8. The largest absolute Gasteiger partial charge is 0.508 e. The Morgan fingerprint density at radius 3 is 2.40 bits per heavy atom. The summed E-state index contributed by atoms with van der Waals surface area (Å²) in [5.41, 5.74) is 2.47. The van der Waals surface area contributed by atoms with Gasteiger partial charge in [0, 0.05) is 5.56 Å². The molecule has 0 radical (unpaired) electrons. The Morgan fingerprint density at radius 2 is 1.93 bits per heavy atom. The maximum atomic E-state index is 9.17. The van der Waals surface area contributed by atoms with Crippen molar-refractivity contribution in [2.45, 2.75) is 20.4 Å². The van der Waals surface area contributed by atoms with E-state index in [1.807, 2.05) is 12.1 Å². The van der Waals surface area contributed by atoms with Gasteiger partial charge in [0.15, 0.2) is 0 Å². The summed E-state index contributed by atoms with van der Waals surface area (Å²) in [6.45, 7) is 11.3. The van der Waals surface area contributed by atoms with E-state index in [0.29, 0.717) is 5.75 Å². The zero-order chi connectivity index (χ0) is 11.3. The summed E-state index contributed by atoms with van der Waals surface area (Å²) in [6, 6.07) is 7.43. The average Bonchev–Trinajstić information content (AvgIpc) is 2.19. The highest BCUT2D eigenvalue weighted by atomic mass is 16.3. The number of phenols is 1. The molecule has 2 nitrogen and oxygen atoms in total. The van der Waals surface area contributed by atoms with Crippen LogP contribution in [0.3, 0.4) is 0 Å². The molecule has 1 aromatic rings. The molecule has 0 aliphatic rings. The molecule has 0 spiro atoms. The van der Waals surface area contributed by atoms with Crippen LogP contribution >= 0.6 is 0 Å². The van der Waals surface area contributed by atoms with Crippen molar-refractivity contribution in [2.75, 3.05) is 13.1 Å². The molecule has 0 aliphatic heterocycles. The van der Waals surface area contributed by atoms with Crippen LogP contribution in [0.2, 0.25) is 0 Å². The molecule has 82 valence electrons. The Hall–Kier alpha value is -1.28. The lowest BCUT2D eigenvalue weighted by molar-refractivity contribution is -0.907. The molecule has 0 aromatic heterocycles. The fourth-order valence-corrected chi connectivity index (χ4v) is 1.64. The molecule has 0 saturated heterocycles. The van der Waals surface area contributed by atoms with Gasteiger partial charge in [0.25, 0.3) is 0 Å². The minimum absolute atomic E-state index is 0.330. The Morgan fingerprint density at radius 1 is 1.33 bits per heavy atom. The molecule has 15 heavy (non-hydrogen) atoms. The van der Waals surface area contributed by atoms with E-state index in [1.54, 1.807) is 12.1 Å². The van der Waals surface area contributed by atoms with Crippen molar-refractivity contribution < 1.29 is 10.0 Å². The summed E-state index contributed by atoms with van der Waals surface area (Å²) >= 11 is 0. The van der Waals surface area contributed by atoms with E-state index < -0.39 is 0 Å². The van der Waals surface area contributed by atoms with Gasteiger partial charge in [-0.1, -0.05) is 6.58 Å². The van der Waals surface area contributed by atoms with Gasteiger partial charge < -0.3 is 10.0 Å². The smallest absolute Gasteiger partial charge is 0.115 e. The highest BCUT2D eigenvalue weighted by Gasteiger charge is 2.06. The van der Waals surface area contributed by atoms with Crippen molar-refractivity contribution in [3.63, 3.8) is 0 Å². The molecule has 1 atom stereocenters. The van der Waals surface area contributed by atoms with Crippen molar-refractivity contribution in [3.8, 4) is 5.75 Å². The maximum Gasteiger partial charge on any atom is 0.115 e. The third kappa shape index (κ3) is 4.17. The third-order valence-electron chi connectivity index (χ3n) is 2.44. The van der Waals surface area contributed by atoms with Gasteiger partial charge in [0.1, 0.15) is 12.3 Å². The van der Waals surface area contributed by atoms with Crippen LogP contribution < -0.4 is 4.90 Å². The second kappa shape index (κ2) is 5.56. The zero-order valence-electron chi connectivity index (χ0n) is 9.59. The van der Waals surface area contributed by atoms with Crippen LogP contribution in [0.5, 0.6) is 5.75 Å². The van der Waals surface area contributed by atoms with E-state index in [1.165, 1.54) is 16.0 Å². The molecular formula is C13H20NO+. The number of hydrogen-bond donors (Lipinski definition) is 2. The highest BCUT2D eigenvalue weighted by Crippen LogP contribution is 2.08. The van der Waals surface area contributed by atoms with Gasteiger partial charge in [-0.2, -0.15) is 0 Å². The van der Waals surface area contributed by atoms with Crippen molar-refractivity contribution in [1.29, 1.82) is 0 Å². The molecule has 1 rings (SSSR count). The quantitative estimate of drug-likeness (QED) is 0.699. The molecule has 2 N–H and O–H groups in total. The molecule has 1 unspecified atom stereocenters. The third-order valence-corrected chi connectivity index (χ3v) is 2.44. The Bertz CT molecular complexity index is 316. The summed E-state index contributed by atoms with van der Waals surface area (Å²) < 4.78 is 0. The normalized spacial score (nSPS) is 12.4. The SMILES string of the molecule is C=C(C)C[NH+](CC)Cc1ccc(O)cc1. The number of nitrogens with one attached hydrogen (secondary N) is 1. The van der Waals surface area contributed by atoms with Crippen LogP contribution in [-0.4, -0.2) is 18.2 Å². The van der Waals surface area contributed by atoms with E-state index in [0.717, 1.165) is 19.6 Å². The summed E-state index contributed by atoms with van der Waals surface area (Å²) in [4.78, 5) is 1.49. The number of benzene rings is 1. The summed E-state index contributed by atoms with van der Waals surface area (Å²) in [6.07, 6.45) is 0. The van der Waals surface area contributed by atoms with Gasteiger partial charge in [0.05, 0.1) is 13.1 Å². The van der Waals surface area contributed by atoms with E-state index in [2.05, 4.69) is 20.4 Å². The van der Waals surface area contributed by atoms with E-state index >= 15 is 0 Å². The van der Waals surface area contributed by atoms with E-state index in [4.69, 9.17) is 0 Å². The van der Waals surface area contributed by atoms with Crippen LogP contribution in [0.15, 0.2) is 36.4 Å². The van der Waals surface area contributed by atoms with Crippen LogP contribution in [0.25, 0.3) is 0 Å². The fourth-order valence-electron chi connectivity index (χ4n) is 1.64. The predicted molar refractivity (Wildman–Crippen MR) is 63.0 cm³/mol. The Kier molecular flexibility index (Phi) is 4.37. The highest BCUT2D eigenvalue weighted by molar-refractivity contribution is 5.25. The van der Waals surface area contributed by atoms with Crippen molar-refractivity contribution >= 4 is 0 Å². The lowest BCUT2D eigenvalue weighted by atomic mass is 10.2. The molecule has 2 heteroatoms. The summed E-state index contributed by atoms with van der Waals surface area (Å²) in [5.74, 6) is 0.330. The number of aromatic hydroxyl groups is 1. The van der Waals surface area contributed by atoms with Gasteiger partial charge in [-0.25, -0.2) is 0 Å². The molecule has 0 bridgehead atoms. The fraction of sp³-hybridized carbons (Fsp3) is 0.385. The van der Waals surface area contributed by atoms with Crippen LogP contribution in [0.1, 0.15) is 19.4 Å². The number of quaternary nitrogens is 1. The first-order valence-corrected chi connectivity index (χ1v) is 5.37. The monoisotopic (exact) mass is 206 g/mol. The average molecular weight is 206 g/mol. The first-order chi connectivity index (χ1) is 7.11. The second-order valence-corrected chi connectivity index (χ2v) is 4.08. The van der Waals surface area contributed by atoms with Gasteiger partial charge >= 0.3 is 0 Å². The molecule has 0 heterocycles. The maximum absolute atomic E-state index is 9.17. The number of likely N-dealkylation sites (N-methyl/N-ethyl adjacent to an activating group) is 1. The zero-order valence-corrected chi connectivity index (χ0v) is 9.59. The van der Waals surface area contributed by atoms with Gasteiger partial charge in [-0.3, -0.25) is 0 Å². The minimum atomic E-state index is 0.330. The van der Waals surface area contributed by atoms with Crippen LogP contribution in [0, 0.1) is 0 Å². The lowest BCUT2D eigenvalue weighted by Gasteiger charge is -2.17. The molecule has 0 saturated carbocycles.